The lowest BCUT2D eigenvalue weighted by Crippen LogP contribution is -2.44. The number of hydrogen-bond donors (Lipinski definition) is 0. The number of carbonyl (C=O) groups excluding carboxylic acids is 1. The van der Waals surface area contributed by atoms with Gasteiger partial charge in [0.25, 0.3) is 0 Å². The molecule has 1 aliphatic rings. The van der Waals surface area contributed by atoms with Crippen molar-refractivity contribution in [1.82, 2.24) is 24.6 Å². The molecule has 4 heterocycles. The number of ether oxygens (including phenoxy) is 2. The number of benzene rings is 2. The fourth-order valence-corrected chi connectivity index (χ4v) is 8.37. The number of aromatic nitrogens is 4. The zero-order chi connectivity index (χ0) is 33.8. The van der Waals surface area contributed by atoms with Gasteiger partial charge in [0.1, 0.15) is 6.73 Å². The number of rotatable bonds is 13. The number of anilines is 2. The smallest absolute Gasteiger partial charge is 0.358 e. The van der Waals surface area contributed by atoms with E-state index in [1.54, 1.807) is 11.3 Å². The number of esters is 1. The molecule has 5 aromatic rings. The highest BCUT2D eigenvalue weighted by atomic mass is 32.1. The summed E-state index contributed by atoms with van der Waals surface area (Å²) in [4.78, 5) is 28.8. The summed E-state index contributed by atoms with van der Waals surface area (Å²) in [5, 5.41) is 9.77. The molecule has 1 fully saturated rings. The lowest BCUT2D eigenvalue weighted by molar-refractivity contribution is 0.0515. The molecule has 13 heteroatoms. The fraction of sp³-hybridized carbons (Fsp3) is 0.400. The van der Waals surface area contributed by atoms with Crippen LogP contribution < -0.4 is 9.70 Å². The van der Waals surface area contributed by atoms with E-state index in [4.69, 9.17) is 19.5 Å². The Morgan fingerprint density at radius 2 is 1.81 bits per heavy atom. The van der Waals surface area contributed by atoms with Gasteiger partial charge >= 0.3 is 5.97 Å². The van der Waals surface area contributed by atoms with Gasteiger partial charge in [-0.05, 0) is 49.2 Å². The summed E-state index contributed by atoms with van der Waals surface area (Å²) in [5.41, 5.74) is 3.64. The van der Waals surface area contributed by atoms with Crippen molar-refractivity contribution in [2.75, 3.05) is 38.3 Å². The first-order chi connectivity index (χ1) is 23.1. The number of fused-ring (bicyclic) bond motifs is 1. The number of hydrogen-bond acceptors (Lipinski definition) is 11. The van der Waals surface area contributed by atoms with Crippen LogP contribution in [-0.2, 0) is 22.7 Å². The second-order valence-corrected chi connectivity index (χ2v) is 21.0. The molecule has 0 radical (unpaired) electrons. The molecule has 6 rings (SSSR count). The van der Waals surface area contributed by atoms with Crippen LogP contribution in [0.15, 0.2) is 65.7 Å². The van der Waals surface area contributed by atoms with Crippen molar-refractivity contribution in [3.63, 3.8) is 0 Å². The second-order valence-electron chi connectivity index (χ2n) is 13.3. The van der Waals surface area contributed by atoms with E-state index in [1.807, 2.05) is 50.1 Å². The number of nitrogens with zero attached hydrogens (tertiary/aromatic N) is 7. The zero-order valence-corrected chi connectivity index (χ0v) is 31.1. The van der Waals surface area contributed by atoms with Crippen molar-refractivity contribution >= 4 is 63.7 Å². The Morgan fingerprint density at radius 1 is 1.06 bits per heavy atom. The Bertz CT molecular complexity index is 1950. The highest BCUT2D eigenvalue weighted by Gasteiger charge is 2.35. The molecule has 0 atom stereocenters. The first-order valence-electron chi connectivity index (χ1n) is 16.3. The SMILES string of the molecule is CCOC(=O)c1nc(N(C)c2cc(C)c(/N=c3\sc4ccccc4n3COCC[Si](C)(C)C)nn2)sc1C1CN(Cc2ccccc2)C1. The lowest BCUT2D eigenvalue weighted by atomic mass is 9.96. The molecule has 2 aromatic carbocycles. The van der Waals surface area contributed by atoms with Crippen molar-refractivity contribution in [2.24, 2.45) is 4.99 Å². The Kier molecular flexibility index (Phi) is 10.5. The van der Waals surface area contributed by atoms with Crippen LogP contribution in [0.4, 0.5) is 16.8 Å². The first kappa shape index (κ1) is 34.1. The van der Waals surface area contributed by atoms with Crippen LogP contribution in [0.1, 0.15) is 39.3 Å². The molecule has 48 heavy (non-hydrogen) atoms. The number of likely N-dealkylation sites (tertiary alicyclic amines) is 1. The maximum absolute atomic E-state index is 13.0. The van der Waals surface area contributed by atoms with Gasteiger partial charge in [-0.2, -0.15) is 4.99 Å². The van der Waals surface area contributed by atoms with Gasteiger partial charge in [0.2, 0.25) is 0 Å². The van der Waals surface area contributed by atoms with Crippen molar-refractivity contribution < 1.29 is 14.3 Å². The molecular formula is C35H43N7O3S2Si. The molecule has 1 aliphatic heterocycles. The van der Waals surface area contributed by atoms with Crippen LogP contribution in [0.25, 0.3) is 10.2 Å². The minimum absolute atomic E-state index is 0.217. The van der Waals surface area contributed by atoms with Gasteiger partial charge in [-0.15, -0.1) is 21.5 Å². The standard InChI is InChI=1S/C35H43N7O3S2Si/c1-7-45-33(43)30-31(26-21-41(22-26)20-25-13-9-8-10-14-25)47-34(36-30)40(3)29-19-24(2)32(39-38-29)37-35-42(23-44-17-18-48(4,5)6)27-15-11-12-16-28(27)46-35/h8-16,19,26H,7,17-18,20-23H2,1-6H3/b37-35-. The van der Waals surface area contributed by atoms with E-state index in [2.05, 4.69) is 75.7 Å². The third-order valence-electron chi connectivity index (χ3n) is 8.27. The summed E-state index contributed by atoms with van der Waals surface area (Å²) >= 11 is 3.13. The van der Waals surface area contributed by atoms with E-state index < -0.39 is 8.07 Å². The van der Waals surface area contributed by atoms with Crippen LogP contribution in [-0.4, -0.2) is 72.0 Å². The fourth-order valence-electron chi connectivity index (χ4n) is 5.49. The van der Waals surface area contributed by atoms with Crippen molar-refractivity contribution in [2.45, 2.75) is 58.7 Å². The molecule has 0 spiro atoms. The third-order valence-corrected chi connectivity index (χ3v) is 12.3. The average Bonchev–Trinajstić information content (AvgIpc) is 3.63. The van der Waals surface area contributed by atoms with E-state index in [9.17, 15) is 4.79 Å². The van der Waals surface area contributed by atoms with Gasteiger partial charge < -0.3 is 14.4 Å². The number of carbonyl (C=O) groups is 1. The normalized spacial score (nSPS) is 14.4. The van der Waals surface area contributed by atoms with Crippen LogP contribution in [0.3, 0.4) is 0 Å². The molecule has 0 bridgehead atoms. The first-order valence-corrected chi connectivity index (χ1v) is 21.7. The summed E-state index contributed by atoms with van der Waals surface area (Å²) in [6.45, 7) is 14.9. The van der Waals surface area contributed by atoms with Crippen molar-refractivity contribution in [3.8, 4) is 0 Å². The van der Waals surface area contributed by atoms with Gasteiger partial charge in [-0.3, -0.25) is 9.47 Å². The summed E-state index contributed by atoms with van der Waals surface area (Å²) in [6, 6.07) is 21.8. The molecule has 0 N–H and O–H groups in total. The minimum atomic E-state index is -1.19. The number of para-hydroxylation sites is 1. The molecule has 0 unspecified atom stereocenters. The van der Waals surface area contributed by atoms with Crippen LogP contribution in [0.5, 0.6) is 0 Å². The van der Waals surface area contributed by atoms with E-state index in [0.29, 0.717) is 35.8 Å². The predicted molar refractivity (Wildman–Crippen MR) is 197 cm³/mol. The largest absolute Gasteiger partial charge is 0.461 e. The van der Waals surface area contributed by atoms with Gasteiger partial charge in [-0.25, -0.2) is 9.78 Å². The van der Waals surface area contributed by atoms with E-state index in [1.165, 1.54) is 16.9 Å². The number of thiazole rings is 2. The molecule has 10 nitrogen and oxygen atoms in total. The topological polar surface area (TPSA) is 98.0 Å². The molecule has 1 saturated heterocycles. The van der Waals surface area contributed by atoms with E-state index in [0.717, 1.165) is 57.7 Å². The molecule has 252 valence electrons. The molecular weight excluding hydrogens is 659 g/mol. The van der Waals surface area contributed by atoms with Gasteiger partial charge in [0.15, 0.2) is 27.3 Å². The second kappa shape index (κ2) is 14.8. The molecule has 0 aliphatic carbocycles. The Balaban J connectivity index is 1.22. The lowest BCUT2D eigenvalue weighted by Gasteiger charge is -2.39. The molecule has 3 aromatic heterocycles. The van der Waals surface area contributed by atoms with Crippen LogP contribution in [0.2, 0.25) is 25.7 Å². The van der Waals surface area contributed by atoms with E-state index in [-0.39, 0.29) is 11.9 Å². The Hall–Kier alpha value is -3.75. The van der Waals surface area contributed by atoms with E-state index >= 15 is 0 Å². The van der Waals surface area contributed by atoms with Crippen molar-refractivity contribution in [1.29, 1.82) is 0 Å². The third kappa shape index (κ3) is 7.92. The van der Waals surface area contributed by atoms with Gasteiger partial charge in [0.05, 0.1) is 16.8 Å². The highest BCUT2D eigenvalue weighted by Crippen LogP contribution is 2.39. The number of aryl methyl sites for hydroxylation is 1. The average molecular weight is 702 g/mol. The summed E-state index contributed by atoms with van der Waals surface area (Å²) in [6.07, 6.45) is 0. The Labute approximate surface area is 290 Å². The summed E-state index contributed by atoms with van der Waals surface area (Å²) in [7, 11) is 0.708. The summed E-state index contributed by atoms with van der Waals surface area (Å²) < 4.78 is 14.8. The van der Waals surface area contributed by atoms with Gasteiger partial charge in [0, 0.05) is 52.2 Å². The maximum atomic E-state index is 13.0. The van der Waals surface area contributed by atoms with Crippen molar-refractivity contribution in [3.05, 3.63) is 87.2 Å². The quantitative estimate of drug-likeness (QED) is 0.0715. The monoisotopic (exact) mass is 701 g/mol. The van der Waals surface area contributed by atoms with Crippen LogP contribution in [0, 0.1) is 6.92 Å². The molecule has 0 saturated carbocycles. The zero-order valence-electron chi connectivity index (χ0n) is 28.5. The predicted octanol–water partition coefficient (Wildman–Crippen LogP) is 7.35. The Morgan fingerprint density at radius 3 is 2.54 bits per heavy atom. The summed E-state index contributed by atoms with van der Waals surface area (Å²) in [5.74, 6) is 1.01. The molecule has 0 amide bonds. The van der Waals surface area contributed by atoms with Gasteiger partial charge in [-0.1, -0.05) is 73.4 Å². The highest BCUT2D eigenvalue weighted by molar-refractivity contribution is 7.16. The van der Waals surface area contributed by atoms with Crippen LogP contribution >= 0.6 is 22.7 Å². The minimum Gasteiger partial charge on any atom is -0.461 e. The maximum Gasteiger partial charge on any atom is 0.358 e.